The van der Waals surface area contributed by atoms with Crippen LogP contribution >= 0.6 is 0 Å². The van der Waals surface area contributed by atoms with Crippen molar-refractivity contribution in [2.24, 2.45) is 5.16 Å². The van der Waals surface area contributed by atoms with Crippen LogP contribution < -0.4 is 4.90 Å². The molecule has 0 aromatic carbocycles. The largest absolute Gasteiger partial charge is 0.389 e. The number of aryl methyl sites for hydroxylation is 2. The second-order valence-corrected chi connectivity index (χ2v) is 8.00. The summed E-state index contributed by atoms with van der Waals surface area (Å²) in [7, 11) is 0. The lowest BCUT2D eigenvalue weighted by Crippen LogP contribution is -2.45. The third-order valence-corrected chi connectivity index (χ3v) is 5.88. The SMILES string of the molecule is Cc1cccc(C(C)C2=NOC3(CCN(c4nc(C)ccc4[N+](=O)[O-])CC3)C2)n1. The molecule has 2 aliphatic heterocycles. The summed E-state index contributed by atoms with van der Waals surface area (Å²) >= 11 is 0. The summed E-state index contributed by atoms with van der Waals surface area (Å²) in [6, 6.07) is 9.23. The Hall–Kier alpha value is -3.03. The number of anilines is 1. The van der Waals surface area contributed by atoms with Crippen molar-refractivity contribution in [3.63, 3.8) is 0 Å². The summed E-state index contributed by atoms with van der Waals surface area (Å²) < 4.78 is 0. The van der Waals surface area contributed by atoms with Gasteiger partial charge in [0.2, 0.25) is 5.82 Å². The highest BCUT2D eigenvalue weighted by Crippen LogP contribution is 2.39. The van der Waals surface area contributed by atoms with Gasteiger partial charge in [-0.3, -0.25) is 15.1 Å². The lowest BCUT2D eigenvalue weighted by molar-refractivity contribution is -0.384. The quantitative estimate of drug-likeness (QED) is 0.575. The van der Waals surface area contributed by atoms with Gasteiger partial charge in [-0.1, -0.05) is 18.1 Å². The molecule has 1 fully saturated rings. The van der Waals surface area contributed by atoms with Crippen LogP contribution in [0, 0.1) is 24.0 Å². The summed E-state index contributed by atoms with van der Waals surface area (Å²) in [5, 5.41) is 15.8. The van der Waals surface area contributed by atoms with Crippen LogP contribution in [0.4, 0.5) is 11.5 Å². The Kier molecular flexibility index (Phi) is 4.94. The van der Waals surface area contributed by atoms with Crippen LogP contribution in [0.1, 0.15) is 49.2 Å². The van der Waals surface area contributed by atoms with E-state index in [2.05, 4.69) is 22.0 Å². The van der Waals surface area contributed by atoms with Gasteiger partial charge in [0.05, 0.1) is 10.6 Å². The van der Waals surface area contributed by atoms with Gasteiger partial charge in [0.25, 0.3) is 0 Å². The molecule has 4 rings (SSSR count). The molecule has 8 heteroatoms. The van der Waals surface area contributed by atoms with E-state index in [0.29, 0.717) is 18.9 Å². The fraction of sp³-hybridized carbons (Fsp3) is 0.476. The Labute approximate surface area is 169 Å². The molecule has 0 saturated carbocycles. The average molecular weight is 395 g/mol. The zero-order valence-electron chi connectivity index (χ0n) is 17.0. The molecule has 0 bridgehead atoms. The number of nitrogens with zero attached hydrogens (tertiary/aromatic N) is 5. The topological polar surface area (TPSA) is 93.8 Å². The summed E-state index contributed by atoms with van der Waals surface area (Å²) in [6.45, 7) is 7.24. The van der Waals surface area contributed by atoms with Gasteiger partial charge in [0, 0.05) is 61.4 Å². The molecule has 4 heterocycles. The molecule has 8 nitrogen and oxygen atoms in total. The van der Waals surface area contributed by atoms with E-state index in [-0.39, 0.29) is 22.1 Å². The van der Waals surface area contributed by atoms with Crippen molar-refractivity contribution in [2.75, 3.05) is 18.0 Å². The van der Waals surface area contributed by atoms with Gasteiger partial charge in [-0.2, -0.15) is 0 Å². The lowest BCUT2D eigenvalue weighted by Gasteiger charge is -2.37. The number of nitro groups is 1. The number of oxime groups is 1. The Bertz CT molecular complexity index is 967. The van der Waals surface area contributed by atoms with Gasteiger partial charge in [-0.15, -0.1) is 0 Å². The number of hydrogen-bond donors (Lipinski definition) is 0. The maximum Gasteiger partial charge on any atom is 0.311 e. The molecule has 2 aliphatic rings. The first-order chi connectivity index (χ1) is 13.9. The Morgan fingerprint density at radius 3 is 2.55 bits per heavy atom. The molecule has 0 amide bonds. The number of aromatic nitrogens is 2. The summed E-state index contributed by atoms with van der Waals surface area (Å²) in [6.07, 6.45) is 2.27. The zero-order chi connectivity index (χ0) is 20.6. The minimum absolute atomic E-state index is 0.0509. The van der Waals surface area contributed by atoms with Crippen molar-refractivity contribution in [3.8, 4) is 0 Å². The number of rotatable bonds is 4. The standard InChI is InChI=1S/C21H25N5O3/c1-14-5-4-6-17(22-14)16(3)18-13-21(29-24-18)9-11-25(12-10-21)20-19(26(27)28)8-7-15(2)23-20/h4-8,16H,9-13H2,1-3H3. The minimum Gasteiger partial charge on any atom is -0.389 e. The fourth-order valence-corrected chi connectivity index (χ4v) is 4.06. The van der Waals surface area contributed by atoms with Crippen LogP contribution in [0.15, 0.2) is 35.5 Å². The van der Waals surface area contributed by atoms with Crippen LogP contribution in [0.2, 0.25) is 0 Å². The van der Waals surface area contributed by atoms with Gasteiger partial charge >= 0.3 is 5.69 Å². The van der Waals surface area contributed by atoms with Crippen LogP contribution in [0.5, 0.6) is 0 Å². The van der Waals surface area contributed by atoms with Crippen LogP contribution in [0.3, 0.4) is 0 Å². The van der Waals surface area contributed by atoms with E-state index in [1.54, 1.807) is 6.07 Å². The molecule has 0 radical (unpaired) electrons. The van der Waals surface area contributed by atoms with E-state index in [9.17, 15) is 10.1 Å². The van der Waals surface area contributed by atoms with E-state index in [1.165, 1.54) is 6.07 Å². The van der Waals surface area contributed by atoms with E-state index < -0.39 is 0 Å². The highest BCUT2D eigenvalue weighted by atomic mass is 16.7. The summed E-state index contributed by atoms with van der Waals surface area (Å²) in [5.74, 6) is 0.549. The van der Waals surface area contributed by atoms with E-state index in [4.69, 9.17) is 4.84 Å². The van der Waals surface area contributed by atoms with Crippen molar-refractivity contribution in [2.45, 2.75) is 51.6 Å². The van der Waals surface area contributed by atoms with Gasteiger partial charge in [-0.25, -0.2) is 4.98 Å². The molecule has 1 atom stereocenters. The molecule has 152 valence electrons. The second kappa shape index (κ2) is 7.42. The first-order valence-electron chi connectivity index (χ1n) is 9.92. The third-order valence-electron chi connectivity index (χ3n) is 5.88. The Morgan fingerprint density at radius 1 is 1.14 bits per heavy atom. The maximum absolute atomic E-state index is 11.4. The normalized spacial score (nSPS) is 19.0. The second-order valence-electron chi connectivity index (χ2n) is 8.00. The van der Waals surface area contributed by atoms with Gasteiger partial charge in [0.1, 0.15) is 5.60 Å². The fourth-order valence-electron chi connectivity index (χ4n) is 4.06. The van der Waals surface area contributed by atoms with Crippen molar-refractivity contribution >= 4 is 17.2 Å². The molecule has 1 saturated heterocycles. The molecular weight excluding hydrogens is 370 g/mol. The molecular formula is C21H25N5O3. The number of piperidine rings is 1. The smallest absolute Gasteiger partial charge is 0.311 e. The molecule has 2 aromatic heterocycles. The monoisotopic (exact) mass is 395 g/mol. The highest BCUT2D eigenvalue weighted by molar-refractivity contribution is 5.91. The van der Waals surface area contributed by atoms with E-state index in [0.717, 1.165) is 42.1 Å². The molecule has 0 N–H and O–H groups in total. The number of hydrogen-bond acceptors (Lipinski definition) is 7. The average Bonchev–Trinajstić information content (AvgIpc) is 3.11. The van der Waals surface area contributed by atoms with E-state index >= 15 is 0 Å². The van der Waals surface area contributed by atoms with Crippen LogP contribution in [-0.2, 0) is 4.84 Å². The summed E-state index contributed by atoms with van der Waals surface area (Å²) in [5.41, 5.74) is 3.49. The van der Waals surface area contributed by atoms with Crippen LogP contribution in [0.25, 0.3) is 0 Å². The highest BCUT2D eigenvalue weighted by Gasteiger charge is 2.44. The predicted molar refractivity (Wildman–Crippen MR) is 110 cm³/mol. The lowest BCUT2D eigenvalue weighted by atomic mass is 9.83. The zero-order valence-corrected chi connectivity index (χ0v) is 17.0. The number of pyridine rings is 2. The molecule has 1 spiro atoms. The molecule has 0 aliphatic carbocycles. The minimum atomic E-state index is -0.365. The van der Waals surface area contributed by atoms with E-state index in [1.807, 2.05) is 36.9 Å². The Morgan fingerprint density at radius 2 is 1.86 bits per heavy atom. The van der Waals surface area contributed by atoms with Crippen molar-refractivity contribution in [1.82, 2.24) is 9.97 Å². The van der Waals surface area contributed by atoms with Gasteiger partial charge < -0.3 is 9.74 Å². The summed E-state index contributed by atoms with van der Waals surface area (Å²) in [4.78, 5) is 28.0. The van der Waals surface area contributed by atoms with Gasteiger partial charge in [0.15, 0.2) is 0 Å². The molecule has 1 unspecified atom stereocenters. The van der Waals surface area contributed by atoms with Crippen molar-refractivity contribution in [3.05, 3.63) is 57.5 Å². The first-order valence-corrected chi connectivity index (χ1v) is 9.92. The van der Waals surface area contributed by atoms with Crippen molar-refractivity contribution in [1.29, 1.82) is 0 Å². The molecule has 29 heavy (non-hydrogen) atoms. The van der Waals surface area contributed by atoms with Crippen molar-refractivity contribution < 1.29 is 9.76 Å². The van der Waals surface area contributed by atoms with Crippen LogP contribution in [-0.4, -0.2) is 39.3 Å². The third kappa shape index (κ3) is 3.79. The first kappa shape index (κ1) is 19.3. The predicted octanol–water partition coefficient (Wildman–Crippen LogP) is 3.92. The molecule has 2 aromatic rings. The maximum atomic E-state index is 11.4. The van der Waals surface area contributed by atoms with Gasteiger partial charge in [-0.05, 0) is 32.0 Å². The Balaban J connectivity index is 1.44.